The van der Waals surface area contributed by atoms with E-state index in [1.807, 2.05) is 0 Å². The van der Waals surface area contributed by atoms with Crippen LogP contribution in [0.15, 0.2) is 106 Å². The Morgan fingerprint density at radius 2 is 0.680 bits per heavy atom. The first-order chi connectivity index (χ1) is 12.4. The van der Waals surface area contributed by atoms with Crippen molar-refractivity contribution in [3.8, 4) is 0 Å². The molecule has 0 aliphatic carbocycles. The zero-order valence-corrected chi connectivity index (χ0v) is 23.9. The molecule has 5 rings (SSSR count). The first-order valence-electron chi connectivity index (χ1n) is 8.22. The summed E-state index contributed by atoms with van der Waals surface area (Å²) in [5.74, 6) is 0. The van der Waals surface area contributed by atoms with E-state index < -0.39 is 0 Å². The van der Waals surface area contributed by atoms with Crippen LogP contribution in [0, 0.1) is 0 Å². The normalized spacial score (nSPS) is 24.0. The zero-order valence-electron chi connectivity index (χ0n) is 13.4. The van der Waals surface area contributed by atoms with Gasteiger partial charge in [-0.2, -0.15) is 0 Å². The van der Waals surface area contributed by atoms with Crippen LogP contribution >= 0.6 is 0 Å². The van der Waals surface area contributed by atoms with Gasteiger partial charge in [-0.05, 0) is 0 Å². The molecule has 10 radical (unpaired) electrons. The van der Waals surface area contributed by atoms with E-state index in [1.54, 1.807) is 35.2 Å². The second-order valence-electron chi connectivity index (χ2n) is 6.02. The van der Waals surface area contributed by atoms with E-state index in [0.717, 1.165) is 0 Å². The molecule has 5 heterocycles. The van der Waals surface area contributed by atoms with Crippen LogP contribution in [-0.2, 0) is 0 Å². The van der Waals surface area contributed by atoms with Gasteiger partial charge in [-0.25, -0.2) is 0 Å². The Morgan fingerprint density at radius 1 is 0.360 bits per heavy atom. The molecule has 0 bridgehead atoms. The fraction of sp³-hybridized carbons (Fsp3) is 0. The predicted octanol–water partition coefficient (Wildman–Crippen LogP) is 2.67. The van der Waals surface area contributed by atoms with Crippen molar-refractivity contribution in [3.05, 3.63) is 106 Å². The fourth-order valence-corrected chi connectivity index (χ4v) is 18.8. The van der Waals surface area contributed by atoms with Gasteiger partial charge < -0.3 is 0 Å². The van der Waals surface area contributed by atoms with Crippen molar-refractivity contribution in [2.45, 2.75) is 0 Å². The van der Waals surface area contributed by atoms with Gasteiger partial charge in [0.15, 0.2) is 0 Å². The molecule has 0 aromatic heterocycles. The van der Waals surface area contributed by atoms with Crippen LogP contribution in [-0.4, -0.2) is 77.2 Å². The molecule has 5 aliphatic rings. The molecule has 0 aromatic carbocycles. The molecular weight excluding hydrogens is 603 g/mol. The monoisotopic (exact) mass is 622 g/mol. The van der Waals surface area contributed by atoms with Crippen molar-refractivity contribution in [1.29, 1.82) is 0 Å². The molecule has 112 valence electrons. The van der Waals surface area contributed by atoms with Gasteiger partial charge in [0.05, 0.1) is 0 Å². The Labute approximate surface area is 181 Å². The van der Waals surface area contributed by atoms with Gasteiger partial charge in [0.1, 0.15) is 0 Å². The molecule has 0 nitrogen and oxygen atoms in total. The van der Waals surface area contributed by atoms with Crippen molar-refractivity contribution in [2.75, 3.05) is 0 Å². The van der Waals surface area contributed by atoms with Gasteiger partial charge >= 0.3 is 183 Å². The molecule has 0 aromatic rings. The molecule has 0 saturated carbocycles. The molecule has 0 spiro atoms. The van der Waals surface area contributed by atoms with E-state index in [4.69, 9.17) is 0 Å². The van der Waals surface area contributed by atoms with Crippen LogP contribution in [0.3, 0.4) is 0 Å². The molecule has 0 amide bonds. The van der Waals surface area contributed by atoms with E-state index in [-0.39, 0.29) is 77.2 Å². The van der Waals surface area contributed by atoms with Crippen molar-refractivity contribution in [1.82, 2.24) is 0 Å². The van der Waals surface area contributed by atoms with Gasteiger partial charge in [-0.3, -0.25) is 0 Å². The Morgan fingerprint density at radius 3 is 0.960 bits per heavy atom. The third-order valence-electron chi connectivity index (χ3n) is 4.41. The molecule has 5 aliphatic heterocycles. The maximum absolute atomic E-state index is 2.47. The Balaban J connectivity index is 1.19. The molecule has 0 N–H and O–H groups in total. The van der Waals surface area contributed by atoms with Crippen LogP contribution < -0.4 is 0 Å². The first kappa shape index (κ1) is 17.2. The molecular formula is C20H12Ge5. The standard InChI is InChI=1S/C20H12Ge5/c1-3-13(21-11-1)15-5-7-17(23-15)19-9-10-20(25-19)18-8-6-16(24-18)14-4-2-12-22-14/h1-12H. The zero-order chi connectivity index (χ0) is 16.6. The molecule has 0 unspecified atom stereocenters. The molecule has 25 heavy (non-hydrogen) atoms. The second-order valence-corrected chi connectivity index (χ2v) is 19.2. The average Bonchev–Trinajstić information content (AvgIpc) is 3.48. The summed E-state index contributed by atoms with van der Waals surface area (Å²) < 4.78 is 13.7. The topological polar surface area (TPSA) is 0 Å². The third kappa shape index (κ3) is 3.62. The predicted molar refractivity (Wildman–Crippen MR) is 112 cm³/mol. The number of hydrogen-bond acceptors (Lipinski definition) is 0. The summed E-state index contributed by atoms with van der Waals surface area (Å²) in [7, 11) is 0. The fourth-order valence-electron chi connectivity index (χ4n) is 3.12. The summed E-state index contributed by atoms with van der Waals surface area (Å²) in [6, 6.07) is 0. The van der Waals surface area contributed by atoms with Crippen molar-refractivity contribution in [2.24, 2.45) is 0 Å². The third-order valence-corrected chi connectivity index (χ3v) is 22.3. The van der Waals surface area contributed by atoms with Crippen LogP contribution in [0.25, 0.3) is 0 Å². The Hall–Kier alpha value is 0.114. The summed E-state index contributed by atoms with van der Waals surface area (Å²) in [5, 5.41) is 0. The van der Waals surface area contributed by atoms with E-state index in [1.165, 1.54) is 0 Å². The van der Waals surface area contributed by atoms with Gasteiger partial charge in [0, 0.05) is 0 Å². The molecule has 5 heteroatoms. The van der Waals surface area contributed by atoms with Crippen molar-refractivity contribution in [3.63, 3.8) is 0 Å². The maximum atomic E-state index is 2.47. The van der Waals surface area contributed by atoms with Gasteiger partial charge in [0.2, 0.25) is 0 Å². The molecule has 0 saturated heterocycles. The van der Waals surface area contributed by atoms with E-state index in [2.05, 4.69) is 70.6 Å². The van der Waals surface area contributed by atoms with Crippen molar-refractivity contribution >= 4 is 77.2 Å². The minimum absolute atomic E-state index is 0.0401. The molecule has 0 fully saturated rings. The number of allylic oxidation sites excluding steroid dienone is 18. The van der Waals surface area contributed by atoms with Crippen LogP contribution in [0.2, 0.25) is 0 Å². The van der Waals surface area contributed by atoms with Crippen molar-refractivity contribution < 1.29 is 0 Å². The number of rotatable bonds is 4. The van der Waals surface area contributed by atoms with Gasteiger partial charge in [-0.1, -0.05) is 0 Å². The summed E-state index contributed by atoms with van der Waals surface area (Å²) >= 11 is -0.172. The van der Waals surface area contributed by atoms with Crippen LogP contribution in [0.4, 0.5) is 0 Å². The van der Waals surface area contributed by atoms with Crippen LogP contribution in [0.1, 0.15) is 0 Å². The SMILES string of the molecule is C1=[CH][Ge][C]([C]2=CC=[C]([C]3=CC=[C]([C]4=CC=[C]([C]5=CC=[CH][Ge]5)[Ge]4)[Ge]3)[Ge]2)=C1. The van der Waals surface area contributed by atoms with Gasteiger partial charge in [0.25, 0.3) is 0 Å². The summed E-state index contributed by atoms with van der Waals surface area (Å²) in [5.41, 5.74) is 0. The second kappa shape index (κ2) is 7.62. The van der Waals surface area contributed by atoms with E-state index >= 15 is 0 Å². The van der Waals surface area contributed by atoms with E-state index in [9.17, 15) is 0 Å². The summed E-state index contributed by atoms with van der Waals surface area (Å²) in [6.07, 6.45) is 24.0. The summed E-state index contributed by atoms with van der Waals surface area (Å²) in [6.45, 7) is 0. The first-order valence-corrected chi connectivity index (χ1v) is 19.0. The van der Waals surface area contributed by atoms with Crippen LogP contribution in [0.5, 0.6) is 0 Å². The van der Waals surface area contributed by atoms with Gasteiger partial charge in [-0.15, -0.1) is 0 Å². The number of hydrogen-bond donors (Lipinski definition) is 0. The Bertz CT molecular complexity index is 880. The average molecular weight is 615 g/mol. The Kier molecular flexibility index (Phi) is 5.25. The summed E-state index contributed by atoms with van der Waals surface area (Å²) in [4.78, 5) is 4.81. The van der Waals surface area contributed by atoms with E-state index in [0.29, 0.717) is 0 Å². The quantitative estimate of drug-likeness (QED) is 0.428. The molecule has 0 atom stereocenters. The minimum atomic E-state index is -0.102.